The van der Waals surface area contributed by atoms with Crippen molar-refractivity contribution in [2.45, 2.75) is 31.0 Å². The third-order valence-corrected chi connectivity index (χ3v) is 6.54. The minimum Gasteiger partial charge on any atom is -0.453 e. The Morgan fingerprint density at radius 3 is 2.54 bits per heavy atom. The summed E-state index contributed by atoms with van der Waals surface area (Å²) in [5.74, 6) is -1.39. The molecule has 0 atom stereocenters. The maximum Gasteiger partial charge on any atom is 0.416 e. The predicted octanol–water partition coefficient (Wildman–Crippen LogP) is 5.89. The molecular formula is C23H17F4N3O4S. The zero-order valence-electron chi connectivity index (χ0n) is 17.8. The Labute approximate surface area is 200 Å². The van der Waals surface area contributed by atoms with Crippen LogP contribution >= 0.6 is 11.3 Å². The first-order valence-electron chi connectivity index (χ1n) is 10.3. The number of Topliss-reactive ketones (excluding diaryl/α,β-unsaturated/α-hetero) is 1. The Morgan fingerprint density at radius 1 is 1.11 bits per heavy atom. The van der Waals surface area contributed by atoms with Crippen molar-refractivity contribution in [3.05, 3.63) is 65.0 Å². The van der Waals surface area contributed by atoms with Crippen LogP contribution in [0.4, 0.5) is 33.7 Å². The summed E-state index contributed by atoms with van der Waals surface area (Å²) in [6.45, 7) is 0.261. The van der Waals surface area contributed by atoms with Crippen molar-refractivity contribution in [3.8, 4) is 10.4 Å². The molecule has 0 aliphatic heterocycles. The number of benzene rings is 2. The van der Waals surface area contributed by atoms with E-state index in [2.05, 4.69) is 15.6 Å². The van der Waals surface area contributed by atoms with Crippen molar-refractivity contribution >= 4 is 41.0 Å². The maximum absolute atomic E-state index is 13.9. The monoisotopic (exact) mass is 507 g/mol. The summed E-state index contributed by atoms with van der Waals surface area (Å²) >= 11 is 1.09. The van der Waals surface area contributed by atoms with Crippen LogP contribution in [0.5, 0.6) is 0 Å². The highest BCUT2D eigenvalue weighted by molar-refractivity contribution is 7.17. The second kappa shape index (κ2) is 9.45. The average molecular weight is 507 g/mol. The molecule has 1 saturated carbocycles. The lowest BCUT2D eigenvalue weighted by Gasteiger charge is -2.37. The lowest BCUT2D eigenvalue weighted by Crippen LogP contribution is -2.47. The lowest BCUT2D eigenvalue weighted by molar-refractivity contribution is -0.146. The normalized spacial score (nSPS) is 14.5. The molecule has 3 aromatic rings. The third-order valence-electron chi connectivity index (χ3n) is 5.50. The van der Waals surface area contributed by atoms with Gasteiger partial charge >= 0.3 is 12.2 Å². The average Bonchev–Trinajstić information content (AvgIpc) is 3.27. The number of nitrogens with zero attached hydrogens (tertiary/aromatic N) is 1. The molecule has 2 aromatic carbocycles. The largest absolute Gasteiger partial charge is 0.453 e. The minimum atomic E-state index is -4.69. The van der Waals surface area contributed by atoms with Gasteiger partial charge in [-0.05, 0) is 55.2 Å². The number of carbonyl (C=O) groups is 3. The number of hydrogen-bond acceptors (Lipinski definition) is 6. The number of alkyl halides is 3. The van der Waals surface area contributed by atoms with Crippen LogP contribution in [0.15, 0.2) is 48.7 Å². The number of aromatic nitrogens is 1. The summed E-state index contributed by atoms with van der Waals surface area (Å²) in [6.07, 6.45) is -1.59. The zero-order valence-corrected chi connectivity index (χ0v) is 18.6. The number of rotatable bonds is 7. The Morgan fingerprint density at radius 2 is 1.89 bits per heavy atom. The van der Waals surface area contributed by atoms with Crippen LogP contribution < -0.4 is 10.6 Å². The second-order valence-corrected chi connectivity index (χ2v) is 8.80. The van der Waals surface area contributed by atoms with E-state index in [0.717, 1.165) is 17.8 Å². The maximum atomic E-state index is 13.9. The molecule has 0 bridgehead atoms. The molecule has 0 saturated heterocycles. The molecule has 0 radical (unpaired) electrons. The first-order chi connectivity index (χ1) is 16.6. The van der Waals surface area contributed by atoms with Gasteiger partial charge in [0.05, 0.1) is 16.1 Å². The van der Waals surface area contributed by atoms with Gasteiger partial charge in [0.1, 0.15) is 5.82 Å². The van der Waals surface area contributed by atoms with E-state index in [-0.39, 0.29) is 23.0 Å². The standard InChI is InChI=1S/C23H17F4N3O4S/c24-16-6-5-14(23(25,26)27)10-17(16)30-21(33)29-15-4-1-3-13(9-15)18-11-28-20(35-18)19(32)22(34-12-31)7-2-8-22/h1,3-6,9-12H,2,7-8H2,(H2,29,30,33). The number of hydrogen-bond donors (Lipinski definition) is 2. The van der Waals surface area contributed by atoms with E-state index < -0.39 is 34.9 Å². The molecule has 7 nitrogen and oxygen atoms in total. The molecule has 182 valence electrons. The van der Waals surface area contributed by atoms with Gasteiger partial charge < -0.3 is 15.4 Å². The molecule has 0 spiro atoms. The van der Waals surface area contributed by atoms with Gasteiger partial charge in [0.25, 0.3) is 6.47 Å². The van der Waals surface area contributed by atoms with Crippen molar-refractivity contribution in [1.29, 1.82) is 0 Å². The van der Waals surface area contributed by atoms with Gasteiger partial charge in [-0.25, -0.2) is 14.2 Å². The molecule has 1 aromatic heterocycles. The van der Waals surface area contributed by atoms with E-state index in [1.807, 2.05) is 0 Å². The number of thiazole rings is 1. The first-order valence-corrected chi connectivity index (χ1v) is 11.1. The molecule has 1 heterocycles. The molecule has 2 amide bonds. The van der Waals surface area contributed by atoms with Crippen LogP contribution in [0.3, 0.4) is 0 Å². The molecule has 2 N–H and O–H groups in total. The summed E-state index contributed by atoms with van der Waals surface area (Å²) in [6, 6.07) is 7.16. The smallest absolute Gasteiger partial charge is 0.416 e. The number of halogens is 4. The van der Waals surface area contributed by atoms with Crippen LogP contribution in [0, 0.1) is 5.82 Å². The second-order valence-electron chi connectivity index (χ2n) is 7.77. The topological polar surface area (TPSA) is 97.4 Å². The zero-order chi connectivity index (χ0) is 25.2. The van der Waals surface area contributed by atoms with E-state index >= 15 is 0 Å². The van der Waals surface area contributed by atoms with Gasteiger partial charge in [-0.1, -0.05) is 12.1 Å². The van der Waals surface area contributed by atoms with Gasteiger partial charge in [0.2, 0.25) is 5.78 Å². The summed E-state index contributed by atoms with van der Waals surface area (Å²) in [5, 5.41) is 4.68. The molecule has 35 heavy (non-hydrogen) atoms. The van der Waals surface area contributed by atoms with Crippen LogP contribution in [0.1, 0.15) is 34.6 Å². The van der Waals surface area contributed by atoms with Crippen LogP contribution in [0.25, 0.3) is 10.4 Å². The van der Waals surface area contributed by atoms with E-state index in [1.54, 1.807) is 18.2 Å². The van der Waals surface area contributed by atoms with Crippen molar-refractivity contribution in [2.24, 2.45) is 0 Å². The highest BCUT2D eigenvalue weighted by Gasteiger charge is 2.48. The van der Waals surface area contributed by atoms with Gasteiger partial charge in [-0.3, -0.25) is 9.59 Å². The summed E-state index contributed by atoms with van der Waals surface area (Å²) in [5.41, 5.74) is -2.02. The van der Waals surface area contributed by atoms with Gasteiger partial charge in [0.15, 0.2) is 10.6 Å². The summed E-state index contributed by atoms with van der Waals surface area (Å²) in [4.78, 5) is 40.6. The summed E-state index contributed by atoms with van der Waals surface area (Å²) in [7, 11) is 0. The molecule has 0 unspecified atom stereocenters. The van der Waals surface area contributed by atoms with E-state index in [0.29, 0.717) is 41.5 Å². The number of nitrogens with one attached hydrogen (secondary N) is 2. The fourth-order valence-corrected chi connectivity index (χ4v) is 4.47. The fourth-order valence-electron chi connectivity index (χ4n) is 3.53. The number of ketones is 1. The first kappa shape index (κ1) is 24.3. The van der Waals surface area contributed by atoms with Crippen LogP contribution in [-0.2, 0) is 15.7 Å². The summed E-state index contributed by atoms with van der Waals surface area (Å²) < 4.78 is 57.5. The number of anilines is 2. The van der Waals surface area contributed by atoms with Crippen LogP contribution in [-0.4, -0.2) is 28.9 Å². The Bertz CT molecular complexity index is 1290. The molecular weight excluding hydrogens is 490 g/mol. The number of ether oxygens (including phenoxy) is 1. The van der Waals surface area contributed by atoms with Crippen molar-refractivity contribution in [3.63, 3.8) is 0 Å². The van der Waals surface area contributed by atoms with E-state index in [9.17, 15) is 31.9 Å². The van der Waals surface area contributed by atoms with Gasteiger partial charge in [0, 0.05) is 11.9 Å². The highest BCUT2D eigenvalue weighted by atomic mass is 32.1. The quantitative estimate of drug-likeness (QED) is 0.236. The van der Waals surface area contributed by atoms with E-state index in [4.69, 9.17) is 4.74 Å². The molecule has 4 rings (SSSR count). The molecule has 1 aliphatic rings. The number of urea groups is 1. The fraction of sp³-hybridized carbons (Fsp3) is 0.217. The minimum absolute atomic E-state index is 0.178. The van der Waals surface area contributed by atoms with Crippen molar-refractivity contribution in [1.82, 2.24) is 4.98 Å². The molecule has 1 fully saturated rings. The van der Waals surface area contributed by atoms with Gasteiger partial charge in [-0.2, -0.15) is 13.2 Å². The van der Waals surface area contributed by atoms with Crippen LogP contribution in [0.2, 0.25) is 0 Å². The van der Waals surface area contributed by atoms with Crippen molar-refractivity contribution in [2.75, 3.05) is 10.6 Å². The molecule has 12 heteroatoms. The van der Waals surface area contributed by atoms with Gasteiger partial charge in [-0.15, -0.1) is 11.3 Å². The SMILES string of the molecule is O=COC1(C(=O)c2ncc(-c3cccc(NC(=O)Nc4cc(C(F)(F)F)ccc4F)c3)s2)CCC1. The number of carbonyl (C=O) groups excluding carboxylic acids is 3. The lowest BCUT2D eigenvalue weighted by atomic mass is 9.77. The Balaban J connectivity index is 1.47. The molecule has 1 aliphatic carbocycles. The predicted molar refractivity (Wildman–Crippen MR) is 120 cm³/mol. The van der Waals surface area contributed by atoms with Crippen molar-refractivity contribution < 1.29 is 36.7 Å². The highest BCUT2D eigenvalue weighted by Crippen LogP contribution is 2.40. The third kappa shape index (κ3) is 5.16. The Hall–Kier alpha value is -3.80. The number of amides is 2. The van der Waals surface area contributed by atoms with E-state index in [1.165, 1.54) is 12.3 Å². The Kier molecular flexibility index (Phi) is 6.57.